The van der Waals surface area contributed by atoms with Crippen LogP contribution in [0.5, 0.6) is 0 Å². The SMILES string of the molecule is Cc1nn(C)c(N(Cc2cccs2)C2CC2)c1CC(C)N. The minimum Gasteiger partial charge on any atom is -0.348 e. The van der Waals surface area contributed by atoms with Gasteiger partial charge in [-0.1, -0.05) is 6.07 Å². The Bertz CT molecular complexity index is 596. The largest absolute Gasteiger partial charge is 0.348 e. The van der Waals surface area contributed by atoms with Crippen LogP contribution < -0.4 is 10.6 Å². The van der Waals surface area contributed by atoms with Gasteiger partial charge in [0.15, 0.2) is 0 Å². The van der Waals surface area contributed by atoms with Crippen molar-refractivity contribution in [1.82, 2.24) is 9.78 Å². The summed E-state index contributed by atoms with van der Waals surface area (Å²) in [5.41, 5.74) is 8.47. The first-order valence-corrected chi connectivity index (χ1v) is 8.51. The predicted molar refractivity (Wildman–Crippen MR) is 88.8 cm³/mol. The second-order valence-electron chi connectivity index (χ2n) is 6.13. The van der Waals surface area contributed by atoms with Crippen molar-refractivity contribution >= 4 is 17.2 Å². The fraction of sp³-hybridized carbons (Fsp3) is 0.562. The lowest BCUT2D eigenvalue weighted by Crippen LogP contribution is -2.29. The van der Waals surface area contributed by atoms with E-state index < -0.39 is 0 Å². The van der Waals surface area contributed by atoms with Gasteiger partial charge >= 0.3 is 0 Å². The minimum absolute atomic E-state index is 0.162. The van der Waals surface area contributed by atoms with Gasteiger partial charge in [0, 0.05) is 29.6 Å². The van der Waals surface area contributed by atoms with Crippen LogP contribution in [0.15, 0.2) is 17.5 Å². The zero-order chi connectivity index (χ0) is 15.0. The second kappa shape index (κ2) is 5.81. The molecular formula is C16H24N4S. The molecule has 21 heavy (non-hydrogen) atoms. The molecule has 0 amide bonds. The number of anilines is 1. The van der Waals surface area contributed by atoms with Gasteiger partial charge in [-0.05, 0) is 44.6 Å². The van der Waals surface area contributed by atoms with E-state index in [-0.39, 0.29) is 6.04 Å². The fourth-order valence-electron chi connectivity index (χ4n) is 2.94. The zero-order valence-electron chi connectivity index (χ0n) is 13.0. The van der Waals surface area contributed by atoms with E-state index in [0.29, 0.717) is 6.04 Å². The molecule has 114 valence electrons. The molecule has 0 radical (unpaired) electrons. The molecule has 0 aromatic carbocycles. The zero-order valence-corrected chi connectivity index (χ0v) is 13.9. The Balaban J connectivity index is 1.95. The molecule has 1 aliphatic rings. The summed E-state index contributed by atoms with van der Waals surface area (Å²) in [6.45, 7) is 5.14. The lowest BCUT2D eigenvalue weighted by atomic mass is 10.1. The van der Waals surface area contributed by atoms with E-state index in [9.17, 15) is 0 Å². The van der Waals surface area contributed by atoms with E-state index in [2.05, 4.69) is 48.4 Å². The maximum Gasteiger partial charge on any atom is 0.130 e. The minimum atomic E-state index is 0.162. The van der Waals surface area contributed by atoms with Crippen molar-refractivity contribution in [2.24, 2.45) is 12.8 Å². The highest BCUT2D eigenvalue weighted by molar-refractivity contribution is 7.09. The van der Waals surface area contributed by atoms with Gasteiger partial charge in [0.05, 0.1) is 12.2 Å². The Labute approximate surface area is 130 Å². The Kier molecular flexibility index (Phi) is 4.04. The van der Waals surface area contributed by atoms with Crippen molar-refractivity contribution in [3.8, 4) is 0 Å². The number of hydrogen-bond acceptors (Lipinski definition) is 4. The highest BCUT2D eigenvalue weighted by Gasteiger charge is 2.33. The molecule has 1 aliphatic carbocycles. The summed E-state index contributed by atoms with van der Waals surface area (Å²) >= 11 is 1.83. The van der Waals surface area contributed by atoms with Crippen LogP contribution in [0.1, 0.15) is 35.9 Å². The number of nitrogens with two attached hydrogens (primary N) is 1. The quantitative estimate of drug-likeness (QED) is 0.892. The lowest BCUT2D eigenvalue weighted by molar-refractivity contribution is 0.685. The highest BCUT2D eigenvalue weighted by atomic mass is 32.1. The van der Waals surface area contributed by atoms with Gasteiger partial charge < -0.3 is 10.6 Å². The van der Waals surface area contributed by atoms with Crippen LogP contribution in [-0.4, -0.2) is 21.9 Å². The Morgan fingerprint density at radius 3 is 2.86 bits per heavy atom. The number of hydrogen-bond donors (Lipinski definition) is 1. The average Bonchev–Trinajstić information content (AvgIpc) is 3.06. The molecule has 1 atom stereocenters. The average molecular weight is 304 g/mol. The molecule has 1 saturated carbocycles. The molecule has 0 bridgehead atoms. The first-order valence-electron chi connectivity index (χ1n) is 7.63. The topological polar surface area (TPSA) is 47.1 Å². The molecular weight excluding hydrogens is 280 g/mol. The first-order chi connectivity index (χ1) is 10.1. The molecule has 0 saturated heterocycles. The third-order valence-electron chi connectivity index (χ3n) is 4.01. The normalized spacial score (nSPS) is 16.2. The van der Waals surface area contributed by atoms with Crippen LogP contribution in [-0.2, 0) is 20.0 Å². The summed E-state index contributed by atoms with van der Waals surface area (Å²) in [6, 6.07) is 5.17. The Morgan fingerprint density at radius 1 is 1.52 bits per heavy atom. The molecule has 0 spiro atoms. The van der Waals surface area contributed by atoms with Gasteiger partial charge in [-0.2, -0.15) is 5.10 Å². The van der Waals surface area contributed by atoms with Gasteiger partial charge in [0.25, 0.3) is 0 Å². The van der Waals surface area contributed by atoms with Crippen LogP contribution in [0.25, 0.3) is 0 Å². The molecule has 2 N–H and O–H groups in total. The van der Waals surface area contributed by atoms with Gasteiger partial charge in [0.1, 0.15) is 5.82 Å². The van der Waals surface area contributed by atoms with Crippen LogP contribution in [0, 0.1) is 6.92 Å². The lowest BCUT2D eigenvalue weighted by Gasteiger charge is -2.26. The van der Waals surface area contributed by atoms with Crippen molar-refractivity contribution in [2.75, 3.05) is 4.90 Å². The van der Waals surface area contributed by atoms with Crippen molar-refractivity contribution < 1.29 is 0 Å². The van der Waals surface area contributed by atoms with E-state index in [4.69, 9.17) is 5.73 Å². The number of aryl methyl sites for hydroxylation is 2. The third-order valence-corrected chi connectivity index (χ3v) is 4.87. The summed E-state index contributed by atoms with van der Waals surface area (Å²) in [5, 5.41) is 6.80. The molecule has 2 heterocycles. The molecule has 3 rings (SSSR count). The summed E-state index contributed by atoms with van der Waals surface area (Å²) in [4.78, 5) is 3.94. The molecule has 1 fully saturated rings. The molecule has 1 unspecified atom stereocenters. The summed E-state index contributed by atoms with van der Waals surface area (Å²) in [7, 11) is 2.05. The number of rotatable bonds is 6. The van der Waals surface area contributed by atoms with Crippen molar-refractivity contribution in [2.45, 2.75) is 51.7 Å². The van der Waals surface area contributed by atoms with Crippen LogP contribution in [0.2, 0.25) is 0 Å². The summed E-state index contributed by atoms with van der Waals surface area (Å²) in [6.07, 6.45) is 3.46. The molecule has 4 nitrogen and oxygen atoms in total. The smallest absolute Gasteiger partial charge is 0.130 e. The number of thiophene rings is 1. The van der Waals surface area contributed by atoms with Crippen molar-refractivity contribution in [1.29, 1.82) is 0 Å². The van der Waals surface area contributed by atoms with E-state index in [1.807, 2.05) is 16.0 Å². The fourth-order valence-corrected chi connectivity index (χ4v) is 3.65. The highest BCUT2D eigenvalue weighted by Crippen LogP contribution is 2.36. The molecule has 0 aliphatic heterocycles. The standard InChI is InChI=1S/C16H24N4S/c1-11(17)9-15-12(2)18-19(3)16(15)20(13-6-7-13)10-14-5-4-8-21-14/h4-5,8,11,13H,6-7,9-10,17H2,1-3H3. The van der Waals surface area contributed by atoms with E-state index in [0.717, 1.165) is 18.7 Å². The van der Waals surface area contributed by atoms with Crippen molar-refractivity contribution in [3.63, 3.8) is 0 Å². The van der Waals surface area contributed by atoms with Crippen molar-refractivity contribution in [3.05, 3.63) is 33.6 Å². The Hall–Kier alpha value is -1.33. The summed E-state index contributed by atoms with van der Waals surface area (Å²) < 4.78 is 2.04. The Morgan fingerprint density at radius 2 is 2.29 bits per heavy atom. The second-order valence-corrected chi connectivity index (χ2v) is 7.16. The maximum atomic E-state index is 6.05. The van der Waals surface area contributed by atoms with E-state index >= 15 is 0 Å². The van der Waals surface area contributed by atoms with Crippen LogP contribution in [0.4, 0.5) is 5.82 Å². The maximum absolute atomic E-state index is 6.05. The predicted octanol–water partition coefficient (Wildman–Crippen LogP) is 2.85. The van der Waals surface area contributed by atoms with Gasteiger partial charge in [-0.3, -0.25) is 4.68 Å². The van der Waals surface area contributed by atoms with Crippen LogP contribution >= 0.6 is 11.3 Å². The van der Waals surface area contributed by atoms with Gasteiger partial charge in [0.2, 0.25) is 0 Å². The summed E-state index contributed by atoms with van der Waals surface area (Å²) in [5.74, 6) is 1.26. The van der Waals surface area contributed by atoms with Gasteiger partial charge in [-0.15, -0.1) is 11.3 Å². The molecule has 2 aromatic heterocycles. The third kappa shape index (κ3) is 3.14. The number of aromatic nitrogens is 2. The molecule has 2 aromatic rings. The molecule has 5 heteroatoms. The van der Waals surface area contributed by atoms with Gasteiger partial charge in [-0.25, -0.2) is 0 Å². The van der Waals surface area contributed by atoms with E-state index in [1.54, 1.807) is 0 Å². The monoisotopic (exact) mass is 304 g/mol. The number of nitrogens with zero attached hydrogens (tertiary/aromatic N) is 3. The van der Waals surface area contributed by atoms with Crippen LogP contribution in [0.3, 0.4) is 0 Å². The first kappa shape index (κ1) is 14.6. The van der Waals surface area contributed by atoms with E-state index in [1.165, 1.54) is 29.1 Å².